The fraction of sp³-hybridized carbons (Fsp3) is 0.121. The van der Waals surface area contributed by atoms with Gasteiger partial charge in [-0.15, -0.1) is 11.8 Å². The normalized spacial score (nSPS) is 11.9. The summed E-state index contributed by atoms with van der Waals surface area (Å²) in [6.45, 7) is 5.79. The molecule has 0 fully saturated rings. The fourth-order valence-corrected chi connectivity index (χ4v) is 5.56. The van der Waals surface area contributed by atoms with Gasteiger partial charge in [-0.2, -0.15) is 0 Å². The average molecular weight is 619 g/mol. The van der Waals surface area contributed by atoms with Crippen LogP contribution in [0, 0.1) is 13.8 Å². The average Bonchev–Trinajstić information content (AvgIpc) is 2.94. The molecule has 0 heterocycles. The predicted molar refractivity (Wildman–Crippen MR) is 173 cm³/mol. The van der Waals surface area contributed by atoms with Crippen LogP contribution in [0.2, 0.25) is 10.0 Å². The van der Waals surface area contributed by atoms with Crippen molar-refractivity contribution in [2.24, 2.45) is 0 Å². The number of hydrogen-bond donors (Lipinski definition) is 3. The Hall–Kier alpha value is -4.04. The quantitative estimate of drug-likeness (QED) is 0.131. The number of benzene rings is 4. The number of carbonyl (C=O) groups is 3. The first kappa shape index (κ1) is 30.9. The maximum absolute atomic E-state index is 13.5. The van der Waals surface area contributed by atoms with Gasteiger partial charge in [-0.25, -0.2) is 0 Å². The Kier molecular flexibility index (Phi) is 10.5. The van der Waals surface area contributed by atoms with Crippen molar-refractivity contribution >= 4 is 70.1 Å². The molecule has 6 nitrogen and oxygen atoms in total. The number of rotatable bonds is 9. The van der Waals surface area contributed by atoms with E-state index in [1.807, 2.05) is 45.0 Å². The molecule has 0 aliphatic heterocycles. The highest BCUT2D eigenvalue weighted by atomic mass is 35.5. The van der Waals surface area contributed by atoms with E-state index in [1.54, 1.807) is 66.7 Å². The molecule has 0 saturated heterocycles. The van der Waals surface area contributed by atoms with Gasteiger partial charge in [0.2, 0.25) is 5.91 Å². The summed E-state index contributed by atoms with van der Waals surface area (Å²) in [6.07, 6.45) is 1.44. The summed E-state index contributed by atoms with van der Waals surface area (Å²) >= 11 is 14.0. The second-order valence-electron chi connectivity index (χ2n) is 9.62. The molecule has 3 amide bonds. The number of nitrogens with one attached hydrogen (secondary N) is 3. The highest BCUT2D eigenvalue weighted by molar-refractivity contribution is 8.00. The first-order chi connectivity index (χ1) is 20.1. The number of carbonyl (C=O) groups excluding carboxylic acids is 3. The first-order valence-corrected chi connectivity index (χ1v) is 14.7. The van der Waals surface area contributed by atoms with Crippen LogP contribution in [-0.2, 0) is 9.59 Å². The summed E-state index contributed by atoms with van der Waals surface area (Å²) < 4.78 is 0. The Balaban J connectivity index is 1.51. The summed E-state index contributed by atoms with van der Waals surface area (Å²) in [5.74, 6) is -1.17. The molecule has 4 rings (SSSR count). The van der Waals surface area contributed by atoms with E-state index in [0.29, 0.717) is 26.9 Å². The van der Waals surface area contributed by atoms with Crippen molar-refractivity contribution < 1.29 is 14.4 Å². The molecule has 0 bridgehead atoms. The molecule has 9 heteroatoms. The number of halogens is 2. The predicted octanol–water partition coefficient (Wildman–Crippen LogP) is 8.14. The molecule has 1 unspecified atom stereocenters. The largest absolute Gasteiger partial charge is 0.325 e. The summed E-state index contributed by atoms with van der Waals surface area (Å²) in [6, 6.07) is 26.6. The molecule has 42 heavy (non-hydrogen) atoms. The molecule has 214 valence electrons. The van der Waals surface area contributed by atoms with Gasteiger partial charge in [-0.1, -0.05) is 59.6 Å². The van der Waals surface area contributed by atoms with Crippen LogP contribution in [0.5, 0.6) is 0 Å². The molecule has 0 aliphatic rings. The highest BCUT2D eigenvalue weighted by Crippen LogP contribution is 2.29. The Morgan fingerprint density at radius 3 is 2.07 bits per heavy atom. The van der Waals surface area contributed by atoms with E-state index < -0.39 is 17.1 Å². The monoisotopic (exact) mass is 617 g/mol. The molecule has 0 spiro atoms. The van der Waals surface area contributed by atoms with Crippen molar-refractivity contribution in [3.8, 4) is 0 Å². The zero-order chi connectivity index (χ0) is 30.2. The molecule has 0 aromatic heterocycles. The van der Waals surface area contributed by atoms with E-state index >= 15 is 0 Å². The van der Waals surface area contributed by atoms with Crippen molar-refractivity contribution in [2.45, 2.75) is 30.9 Å². The van der Waals surface area contributed by atoms with E-state index in [4.69, 9.17) is 23.2 Å². The maximum atomic E-state index is 13.5. The molecule has 0 saturated carbocycles. The van der Waals surface area contributed by atoms with Crippen LogP contribution < -0.4 is 16.0 Å². The van der Waals surface area contributed by atoms with Crippen LogP contribution >= 0.6 is 35.0 Å². The summed E-state index contributed by atoms with van der Waals surface area (Å²) in [5.41, 5.74) is 4.11. The Morgan fingerprint density at radius 2 is 1.40 bits per heavy atom. The van der Waals surface area contributed by atoms with Crippen LogP contribution in [0.4, 0.5) is 11.4 Å². The SMILES string of the molecule is Cc1cc(C)cc(NC(=O)C(C)Sc2cccc(NC(=O)/C(=C\c3c(Cl)cccc3Cl)NC(=O)c3ccccc3)c2)c1. The third-order valence-electron chi connectivity index (χ3n) is 6.08. The first-order valence-electron chi connectivity index (χ1n) is 13.1. The zero-order valence-electron chi connectivity index (χ0n) is 23.2. The second-order valence-corrected chi connectivity index (χ2v) is 11.8. The van der Waals surface area contributed by atoms with Crippen molar-refractivity contribution in [1.82, 2.24) is 5.32 Å². The van der Waals surface area contributed by atoms with Gasteiger partial charge in [0.15, 0.2) is 0 Å². The number of thioether (sulfide) groups is 1. The summed E-state index contributed by atoms with van der Waals surface area (Å²) in [4.78, 5) is 40.0. The zero-order valence-corrected chi connectivity index (χ0v) is 25.5. The minimum Gasteiger partial charge on any atom is -0.325 e. The standard InChI is InChI=1S/C33H29Cl2N3O3S/c1-20-15-21(2)17-25(16-20)37-31(39)22(3)42-26-12-7-11-24(18-26)36-33(41)30(19-27-28(34)13-8-14-29(27)35)38-32(40)23-9-5-4-6-10-23/h4-19,22H,1-3H3,(H,36,41)(H,37,39)(H,38,40)/b30-19+. The minimum atomic E-state index is -0.571. The second kappa shape index (κ2) is 14.2. The van der Waals surface area contributed by atoms with E-state index in [-0.39, 0.29) is 11.6 Å². The third kappa shape index (κ3) is 8.49. The van der Waals surface area contributed by atoms with Gasteiger partial charge in [0.1, 0.15) is 5.70 Å². The Morgan fingerprint density at radius 1 is 0.762 bits per heavy atom. The lowest BCUT2D eigenvalue weighted by molar-refractivity contribution is -0.115. The van der Waals surface area contributed by atoms with Crippen molar-refractivity contribution in [1.29, 1.82) is 0 Å². The van der Waals surface area contributed by atoms with Crippen LogP contribution in [0.25, 0.3) is 6.08 Å². The van der Waals surface area contributed by atoms with Crippen LogP contribution in [0.15, 0.2) is 102 Å². The lowest BCUT2D eigenvalue weighted by Crippen LogP contribution is -2.30. The van der Waals surface area contributed by atoms with Gasteiger partial charge in [0.05, 0.1) is 5.25 Å². The summed E-state index contributed by atoms with van der Waals surface area (Å²) in [7, 11) is 0. The van der Waals surface area contributed by atoms with Crippen LogP contribution in [-0.4, -0.2) is 23.0 Å². The van der Waals surface area contributed by atoms with E-state index in [9.17, 15) is 14.4 Å². The number of anilines is 2. The minimum absolute atomic E-state index is 0.0434. The topological polar surface area (TPSA) is 87.3 Å². The summed E-state index contributed by atoms with van der Waals surface area (Å²) in [5, 5.41) is 8.74. The van der Waals surface area contributed by atoms with Gasteiger partial charge < -0.3 is 16.0 Å². The number of aryl methyl sites for hydroxylation is 2. The molecular weight excluding hydrogens is 589 g/mol. The molecular formula is C33H29Cl2N3O3S. The number of hydrogen-bond acceptors (Lipinski definition) is 4. The van der Waals surface area contributed by atoms with Crippen molar-refractivity contribution in [2.75, 3.05) is 10.6 Å². The molecule has 4 aromatic rings. The van der Waals surface area contributed by atoms with E-state index in [2.05, 4.69) is 16.0 Å². The molecule has 3 N–H and O–H groups in total. The lowest BCUT2D eigenvalue weighted by Gasteiger charge is -2.15. The number of amides is 3. The van der Waals surface area contributed by atoms with Gasteiger partial charge in [0.25, 0.3) is 11.8 Å². The maximum Gasteiger partial charge on any atom is 0.272 e. The molecule has 0 radical (unpaired) electrons. The van der Waals surface area contributed by atoms with Crippen LogP contribution in [0.3, 0.4) is 0 Å². The lowest BCUT2D eigenvalue weighted by atomic mass is 10.1. The van der Waals surface area contributed by atoms with E-state index in [1.165, 1.54) is 17.8 Å². The van der Waals surface area contributed by atoms with Gasteiger partial charge in [-0.3, -0.25) is 14.4 Å². The Labute approximate surface area is 259 Å². The third-order valence-corrected chi connectivity index (χ3v) is 7.83. The fourth-order valence-electron chi connectivity index (χ4n) is 4.13. The van der Waals surface area contributed by atoms with E-state index in [0.717, 1.165) is 21.7 Å². The molecule has 1 atom stereocenters. The smallest absolute Gasteiger partial charge is 0.272 e. The highest BCUT2D eigenvalue weighted by Gasteiger charge is 2.18. The van der Waals surface area contributed by atoms with Gasteiger partial charge in [0, 0.05) is 37.4 Å². The van der Waals surface area contributed by atoms with Crippen molar-refractivity contribution in [3.63, 3.8) is 0 Å². The molecule has 4 aromatic carbocycles. The Bertz CT molecular complexity index is 1620. The van der Waals surface area contributed by atoms with Gasteiger partial charge >= 0.3 is 0 Å². The van der Waals surface area contributed by atoms with Crippen LogP contribution in [0.1, 0.15) is 34.0 Å². The molecule has 0 aliphatic carbocycles. The van der Waals surface area contributed by atoms with Gasteiger partial charge in [-0.05, 0) is 92.6 Å². The van der Waals surface area contributed by atoms with Crippen molar-refractivity contribution in [3.05, 3.63) is 129 Å².